The van der Waals surface area contributed by atoms with Gasteiger partial charge in [-0.1, -0.05) is 30.3 Å². The van der Waals surface area contributed by atoms with Crippen molar-refractivity contribution in [2.24, 2.45) is 0 Å². The molecule has 2 unspecified atom stereocenters. The summed E-state index contributed by atoms with van der Waals surface area (Å²) in [5.41, 5.74) is 1.43. The van der Waals surface area contributed by atoms with Crippen molar-refractivity contribution in [3.8, 4) is 0 Å². The van der Waals surface area contributed by atoms with E-state index in [1.54, 1.807) is 0 Å². The van der Waals surface area contributed by atoms with Crippen molar-refractivity contribution in [3.05, 3.63) is 35.9 Å². The van der Waals surface area contributed by atoms with E-state index in [1.165, 1.54) is 37.2 Å². The van der Waals surface area contributed by atoms with E-state index in [9.17, 15) is 0 Å². The molecule has 1 aromatic rings. The van der Waals surface area contributed by atoms with Crippen LogP contribution in [0.2, 0.25) is 0 Å². The van der Waals surface area contributed by atoms with E-state index in [0.717, 1.165) is 6.54 Å². The summed E-state index contributed by atoms with van der Waals surface area (Å²) in [6.45, 7) is 5.84. The average Bonchev–Trinajstić information content (AvgIpc) is 2.68. The number of hydrogen-bond donors (Lipinski definition) is 1. The van der Waals surface area contributed by atoms with Gasteiger partial charge in [-0.2, -0.15) is 0 Å². The van der Waals surface area contributed by atoms with Crippen LogP contribution in [0.5, 0.6) is 0 Å². The summed E-state index contributed by atoms with van der Waals surface area (Å²) < 4.78 is 0. The van der Waals surface area contributed by atoms with Crippen molar-refractivity contribution >= 4 is 11.8 Å². The summed E-state index contributed by atoms with van der Waals surface area (Å²) in [6, 6.07) is 11.5. The Bertz CT molecular complexity index is 387. The molecule has 1 N–H and O–H groups in total. The van der Waals surface area contributed by atoms with Gasteiger partial charge < -0.3 is 5.32 Å². The molecule has 0 amide bonds. The molecule has 2 fully saturated rings. The van der Waals surface area contributed by atoms with Gasteiger partial charge in [-0.3, -0.25) is 4.90 Å². The minimum Gasteiger partial charge on any atom is -0.302 e. The first-order chi connectivity index (χ1) is 8.77. The maximum atomic E-state index is 3.76. The molecule has 0 radical (unpaired) electrons. The highest BCUT2D eigenvalue weighted by Crippen LogP contribution is 2.39. The SMILES string of the molecule is CC1CC2(CN1Cc1ccccc1)NCCCS2. The molecule has 0 bridgehead atoms. The summed E-state index contributed by atoms with van der Waals surface area (Å²) in [5, 5.41) is 3.76. The predicted molar refractivity (Wildman–Crippen MR) is 78.7 cm³/mol. The topological polar surface area (TPSA) is 15.3 Å². The molecule has 2 atom stereocenters. The number of rotatable bonds is 2. The summed E-state index contributed by atoms with van der Waals surface area (Å²) in [6.07, 6.45) is 2.60. The Morgan fingerprint density at radius 2 is 2.22 bits per heavy atom. The second-order valence-electron chi connectivity index (χ2n) is 5.57. The molecule has 2 aliphatic heterocycles. The molecule has 3 rings (SSSR count). The monoisotopic (exact) mass is 262 g/mol. The maximum absolute atomic E-state index is 3.76. The molecule has 3 heteroatoms. The van der Waals surface area contributed by atoms with E-state index < -0.39 is 0 Å². The average molecular weight is 262 g/mol. The van der Waals surface area contributed by atoms with Crippen LogP contribution in [0.3, 0.4) is 0 Å². The first kappa shape index (κ1) is 12.5. The number of thioether (sulfide) groups is 1. The van der Waals surface area contributed by atoms with E-state index in [1.807, 2.05) is 0 Å². The second kappa shape index (κ2) is 5.24. The number of nitrogens with zero attached hydrogens (tertiary/aromatic N) is 1. The quantitative estimate of drug-likeness (QED) is 0.882. The zero-order valence-electron chi connectivity index (χ0n) is 11.1. The molecule has 2 saturated heterocycles. The molecule has 0 aromatic heterocycles. The molecular formula is C15H22N2S. The molecule has 18 heavy (non-hydrogen) atoms. The van der Waals surface area contributed by atoms with Crippen molar-refractivity contribution in [1.82, 2.24) is 10.2 Å². The highest BCUT2D eigenvalue weighted by Gasteiger charge is 2.43. The van der Waals surface area contributed by atoms with Gasteiger partial charge in [-0.15, -0.1) is 11.8 Å². The number of nitrogens with one attached hydrogen (secondary N) is 1. The smallest absolute Gasteiger partial charge is 0.0788 e. The van der Waals surface area contributed by atoms with E-state index in [0.29, 0.717) is 10.9 Å². The summed E-state index contributed by atoms with van der Waals surface area (Å²) >= 11 is 2.14. The van der Waals surface area contributed by atoms with Crippen LogP contribution in [-0.2, 0) is 6.54 Å². The molecule has 98 valence electrons. The number of likely N-dealkylation sites (tertiary alicyclic amines) is 1. The van der Waals surface area contributed by atoms with E-state index in [2.05, 4.69) is 59.2 Å². The van der Waals surface area contributed by atoms with Crippen LogP contribution < -0.4 is 5.32 Å². The van der Waals surface area contributed by atoms with Gasteiger partial charge in [0.2, 0.25) is 0 Å². The fourth-order valence-electron chi connectivity index (χ4n) is 3.12. The zero-order chi connectivity index (χ0) is 12.4. The number of hydrogen-bond acceptors (Lipinski definition) is 3. The Labute approximate surface area is 114 Å². The zero-order valence-corrected chi connectivity index (χ0v) is 11.9. The van der Waals surface area contributed by atoms with Crippen LogP contribution in [0.25, 0.3) is 0 Å². The molecule has 2 aliphatic rings. The predicted octanol–water partition coefficient (Wildman–Crippen LogP) is 2.70. The van der Waals surface area contributed by atoms with Crippen LogP contribution in [0.1, 0.15) is 25.3 Å². The molecule has 1 spiro atoms. The fourth-order valence-corrected chi connectivity index (χ4v) is 4.62. The van der Waals surface area contributed by atoms with Crippen molar-refractivity contribution < 1.29 is 0 Å². The van der Waals surface area contributed by atoms with Crippen LogP contribution in [-0.4, -0.2) is 34.7 Å². The minimum absolute atomic E-state index is 0.340. The standard InChI is InChI=1S/C15H22N2S/c1-13-10-15(16-8-5-9-18-15)12-17(13)11-14-6-3-2-4-7-14/h2-4,6-7,13,16H,5,8-12H2,1H3. The third kappa shape index (κ3) is 2.58. The highest BCUT2D eigenvalue weighted by atomic mass is 32.2. The maximum Gasteiger partial charge on any atom is 0.0788 e. The molecule has 1 aromatic carbocycles. The van der Waals surface area contributed by atoms with Gasteiger partial charge >= 0.3 is 0 Å². The molecular weight excluding hydrogens is 240 g/mol. The van der Waals surface area contributed by atoms with Crippen molar-refractivity contribution in [2.45, 2.75) is 37.2 Å². The third-order valence-electron chi connectivity index (χ3n) is 4.08. The lowest BCUT2D eigenvalue weighted by Gasteiger charge is -2.34. The van der Waals surface area contributed by atoms with E-state index in [-0.39, 0.29) is 0 Å². The van der Waals surface area contributed by atoms with Crippen molar-refractivity contribution in [1.29, 1.82) is 0 Å². The Morgan fingerprint density at radius 1 is 1.39 bits per heavy atom. The van der Waals surface area contributed by atoms with Crippen LogP contribution >= 0.6 is 11.8 Å². The van der Waals surface area contributed by atoms with Gasteiger partial charge in [0.1, 0.15) is 0 Å². The van der Waals surface area contributed by atoms with Gasteiger partial charge in [0.25, 0.3) is 0 Å². The second-order valence-corrected chi connectivity index (χ2v) is 7.05. The first-order valence-corrected chi connectivity index (χ1v) is 7.93. The van der Waals surface area contributed by atoms with Crippen LogP contribution in [0.4, 0.5) is 0 Å². The summed E-state index contributed by atoms with van der Waals surface area (Å²) in [7, 11) is 0. The Morgan fingerprint density at radius 3 is 2.94 bits per heavy atom. The minimum atomic E-state index is 0.340. The molecule has 0 saturated carbocycles. The summed E-state index contributed by atoms with van der Waals surface area (Å²) in [5.74, 6) is 1.32. The van der Waals surface area contributed by atoms with E-state index in [4.69, 9.17) is 0 Å². The number of benzene rings is 1. The van der Waals surface area contributed by atoms with Gasteiger partial charge in [0, 0.05) is 19.1 Å². The van der Waals surface area contributed by atoms with Crippen LogP contribution in [0.15, 0.2) is 30.3 Å². The first-order valence-electron chi connectivity index (χ1n) is 6.94. The molecule has 0 aliphatic carbocycles. The van der Waals surface area contributed by atoms with Crippen molar-refractivity contribution in [2.75, 3.05) is 18.8 Å². The van der Waals surface area contributed by atoms with Gasteiger partial charge in [0.15, 0.2) is 0 Å². The molecule has 2 nitrogen and oxygen atoms in total. The lowest BCUT2D eigenvalue weighted by Crippen LogP contribution is -2.47. The van der Waals surface area contributed by atoms with Gasteiger partial charge in [0.05, 0.1) is 4.87 Å². The highest BCUT2D eigenvalue weighted by molar-refractivity contribution is 8.00. The van der Waals surface area contributed by atoms with Gasteiger partial charge in [-0.25, -0.2) is 0 Å². The largest absolute Gasteiger partial charge is 0.302 e. The normalized spacial score (nSPS) is 33.1. The van der Waals surface area contributed by atoms with E-state index >= 15 is 0 Å². The lowest BCUT2D eigenvalue weighted by atomic mass is 10.1. The van der Waals surface area contributed by atoms with Gasteiger partial charge in [-0.05, 0) is 37.6 Å². The Kier molecular flexibility index (Phi) is 3.64. The lowest BCUT2D eigenvalue weighted by molar-refractivity contribution is 0.254. The Balaban J connectivity index is 1.67. The Hall–Kier alpha value is -0.510. The van der Waals surface area contributed by atoms with Crippen molar-refractivity contribution in [3.63, 3.8) is 0 Å². The molecule has 2 heterocycles. The third-order valence-corrected chi connectivity index (χ3v) is 5.57. The van der Waals surface area contributed by atoms with Crippen LogP contribution in [0, 0.1) is 0 Å². The summed E-state index contributed by atoms with van der Waals surface area (Å²) in [4.78, 5) is 2.97. The fraction of sp³-hybridized carbons (Fsp3) is 0.600.